The van der Waals surface area contributed by atoms with Gasteiger partial charge in [0.25, 0.3) is 0 Å². The normalized spacial score (nSPS) is 15.3. The van der Waals surface area contributed by atoms with Crippen molar-refractivity contribution in [1.82, 2.24) is 10.2 Å². The Morgan fingerprint density at radius 2 is 1.55 bits per heavy atom. The van der Waals surface area contributed by atoms with Crippen LogP contribution in [0.5, 0.6) is 0 Å². The van der Waals surface area contributed by atoms with Crippen LogP contribution in [0.25, 0.3) is 0 Å². The molecule has 0 saturated carbocycles. The molecule has 1 saturated heterocycles. The standard InChI is InChI=1S/C24H26N2O2S/c27-24(19-8-3-1-4-9-19,20-10-5-2-6-11-20)21-13-15-26(16-14-21)23(29)25-18-22-12-7-17-28-22/h1-12,17,21,27H,13-16,18H2,(H,25,29). The number of piperidine rings is 1. The quantitative estimate of drug-likeness (QED) is 0.619. The molecular weight excluding hydrogens is 380 g/mol. The molecular formula is C24H26N2O2S. The molecule has 0 aliphatic carbocycles. The van der Waals surface area contributed by atoms with E-state index in [9.17, 15) is 5.11 Å². The first-order chi connectivity index (χ1) is 14.2. The molecule has 4 nitrogen and oxygen atoms in total. The summed E-state index contributed by atoms with van der Waals surface area (Å²) >= 11 is 5.58. The van der Waals surface area contributed by atoms with Crippen LogP contribution in [0.4, 0.5) is 0 Å². The Balaban J connectivity index is 1.46. The zero-order valence-corrected chi connectivity index (χ0v) is 17.1. The number of thiocarbonyl (C=S) groups is 1. The molecule has 0 amide bonds. The van der Waals surface area contributed by atoms with Gasteiger partial charge in [0.2, 0.25) is 0 Å². The molecule has 0 atom stereocenters. The van der Waals surface area contributed by atoms with Crippen molar-refractivity contribution in [3.63, 3.8) is 0 Å². The van der Waals surface area contributed by atoms with Crippen molar-refractivity contribution in [3.05, 3.63) is 95.9 Å². The second kappa shape index (κ2) is 8.80. The fourth-order valence-electron chi connectivity index (χ4n) is 4.21. The van der Waals surface area contributed by atoms with Crippen molar-refractivity contribution >= 4 is 17.3 Å². The van der Waals surface area contributed by atoms with E-state index in [1.54, 1.807) is 6.26 Å². The molecule has 4 rings (SSSR count). The van der Waals surface area contributed by atoms with Crippen LogP contribution >= 0.6 is 12.2 Å². The fraction of sp³-hybridized carbons (Fsp3) is 0.292. The molecule has 2 heterocycles. The summed E-state index contributed by atoms with van der Waals surface area (Å²) in [6.45, 7) is 2.22. The number of nitrogens with one attached hydrogen (secondary N) is 1. The highest BCUT2D eigenvalue weighted by atomic mass is 32.1. The van der Waals surface area contributed by atoms with Crippen molar-refractivity contribution in [2.75, 3.05) is 13.1 Å². The van der Waals surface area contributed by atoms with Crippen molar-refractivity contribution in [2.45, 2.75) is 25.0 Å². The average molecular weight is 407 g/mol. The summed E-state index contributed by atoms with van der Waals surface area (Å²) in [7, 11) is 0. The van der Waals surface area contributed by atoms with Gasteiger partial charge in [-0.1, -0.05) is 60.7 Å². The molecule has 1 aliphatic heterocycles. The number of likely N-dealkylation sites (tertiary alicyclic amines) is 1. The fourth-order valence-corrected chi connectivity index (χ4v) is 4.47. The predicted octanol–water partition coefficient (Wildman–Crippen LogP) is 4.30. The number of rotatable bonds is 5. The minimum Gasteiger partial charge on any atom is -0.467 e. The maximum absolute atomic E-state index is 12.0. The molecule has 5 heteroatoms. The summed E-state index contributed by atoms with van der Waals surface area (Å²) in [4.78, 5) is 2.19. The highest BCUT2D eigenvalue weighted by molar-refractivity contribution is 7.80. The van der Waals surface area contributed by atoms with Gasteiger partial charge in [0.15, 0.2) is 5.11 Å². The Bertz CT molecular complexity index is 865. The summed E-state index contributed by atoms with van der Waals surface area (Å²) in [5.74, 6) is 0.987. The van der Waals surface area contributed by atoms with Gasteiger partial charge >= 0.3 is 0 Å². The number of benzene rings is 2. The van der Waals surface area contributed by atoms with Gasteiger partial charge in [-0.3, -0.25) is 0 Å². The molecule has 3 aromatic rings. The van der Waals surface area contributed by atoms with Crippen LogP contribution in [-0.2, 0) is 12.1 Å². The Hall–Kier alpha value is -2.63. The Kier molecular flexibility index (Phi) is 5.97. The van der Waals surface area contributed by atoms with Crippen LogP contribution in [0.15, 0.2) is 83.5 Å². The predicted molar refractivity (Wildman–Crippen MR) is 118 cm³/mol. The molecule has 29 heavy (non-hydrogen) atoms. The zero-order chi connectivity index (χ0) is 20.1. The summed E-state index contributed by atoms with van der Waals surface area (Å²) in [6.07, 6.45) is 3.39. The molecule has 150 valence electrons. The number of hydrogen-bond donors (Lipinski definition) is 2. The van der Waals surface area contributed by atoms with E-state index in [-0.39, 0.29) is 5.92 Å². The van der Waals surface area contributed by atoms with Gasteiger partial charge in [-0.25, -0.2) is 0 Å². The molecule has 0 radical (unpaired) electrons. The smallest absolute Gasteiger partial charge is 0.169 e. The third kappa shape index (κ3) is 4.21. The largest absolute Gasteiger partial charge is 0.467 e. The second-order valence-electron chi connectivity index (χ2n) is 7.50. The molecule has 2 N–H and O–H groups in total. The molecule has 1 fully saturated rings. The molecule has 0 spiro atoms. The summed E-state index contributed by atoms with van der Waals surface area (Å²) in [5, 5.41) is 16.0. The SMILES string of the molecule is OC(c1ccccc1)(c1ccccc1)C1CCN(C(=S)NCc2ccco2)CC1. The Morgan fingerprint density at radius 1 is 0.966 bits per heavy atom. The minimum absolute atomic E-state index is 0.122. The van der Waals surface area contributed by atoms with Crippen LogP contribution in [0.2, 0.25) is 0 Å². The van der Waals surface area contributed by atoms with E-state index in [1.807, 2.05) is 72.8 Å². The highest BCUT2D eigenvalue weighted by Gasteiger charge is 2.41. The van der Waals surface area contributed by atoms with Gasteiger partial charge in [-0.05, 0) is 54.2 Å². The van der Waals surface area contributed by atoms with E-state index in [4.69, 9.17) is 16.6 Å². The van der Waals surface area contributed by atoms with E-state index in [0.29, 0.717) is 6.54 Å². The first kappa shape index (κ1) is 19.7. The Morgan fingerprint density at radius 3 is 2.07 bits per heavy atom. The van der Waals surface area contributed by atoms with E-state index < -0.39 is 5.60 Å². The van der Waals surface area contributed by atoms with Crippen LogP contribution in [0, 0.1) is 5.92 Å². The lowest BCUT2D eigenvalue weighted by Crippen LogP contribution is -2.48. The summed E-state index contributed by atoms with van der Waals surface area (Å²) in [6, 6.07) is 23.8. The van der Waals surface area contributed by atoms with Gasteiger partial charge in [0, 0.05) is 13.1 Å². The molecule has 1 aliphatic rings. The van der Waals surface area contributed by atoms with Gasteiger partial charge in [-0.2, -0.15) is 0 Å². The number of nitrogens with zero attached hydrogens (tertiary/aromatic N) is 1. The third-order valence-electron chi connectivity index (χ3n) is 5.79. The lowest BCUT2D eigenvalue weighted by molar-refractivity contribution is -0.00660. The van der Waals surface area contributed by atoms with Crippen LogP contribution in [0.3, 0.4) is 0 Å². The highest BCUT2D eigenvalue weighted by Crippen LogP contribution is 2.41. The van der Waals surface area contributed by atoms with Crippen LogP contribution in [0.1, 0.15) is 29.7 Å². The molecule has 0 unspecified atom stereocenters. The second-order valence-corrected chi connectivity index (χ2v) is 7.88. The summed E-state index contributed by atoms with van der Waals surface area (Å²) < 4.78 is 5.36. The first-order valence-corrected chi connectivity index (χ1v) is 10.5. The van der Waals surface area contributed by atoms with E-state index in [2.05, 4.69) is 10.2 Å². The maximum atomic E-state index is 12.0. The van der Waals surface area contributed by atoms with E-state index >= 15 is 0 Å². The van der Waals surface area contributed by atoms with Gasteiger partial charge < -0.3 is 19.7 Å². The first-order valence-electron chi connectivity index (χ1n) is 10.1. The zero-order valence-electron chi connectivity index (χ0n) is 16.3. The minimum atomic E-state index is -1.00. The average Bonchev–Trinajstić information content (AvgIpc) is 3.32. The van der Waals surface area contributed by atoms with E-state index in [0.717, 1.165) is 47.9 Å². The van der Waals surface area contributed by atoms with Crippen molar-refractivity contribution < 1.29 is 9.52 Å². The van der Waals surface area contributed by atoms with Crippen LogP contribution in [-0.4, -0.2) is 28.2 Å². The molecule has 1 aromatic heterocycles. The van der Waals surface area contributed by atoms with Crippen LogP contribution < -0.4 is 5.32 Å². The summed E-state index contributed by atoms with van der Waals surface area (Å²) in [5.41, 5.74) is 0.893. The Labute approximate surface area is 177 Å². The topological polar surface area (TPSA) is 48.6 Å². The number of furan rings is 1. The van der Waals surface area contributed by atoms with Gasteiger partial charge in [0.1, 0.15) is 11.4 Å². The molecule has 2 aromatic carbocycles. The van der Waals surface area contributed by atoms with E-state index in [1.165, 1.54) is 0 Å². The van der Waals surface area contributed by atoms with Gasteiger partial charge in [-0.15, -0.1) is 0 Å². The van der Waals surface area contributed by atoms with Gasteiger partial charge in [0.05, 0.1) is 12.8 Å². The lowest BCUT2D eigenvalue weighted by Gasteiger charge is -2.43. The third-order valence-corrected chi connectivity index (χ3v) is 6.20. The lowest BCUT2D eigenvalue weighted by atomic mass is 9.72. The van der Waals surface area contributed by atoms with Crippen molar-refractivity contribution in [1.29, 1.82) is 0 Å². The number of hydrogen-bond acceptors (Lipinski definition) is 3. The van der Waals surface area contributed by atoms with Crippen molar-refractivity contribution in [3.8, 4) is 0 Å². The van der Waals surface area contributed by atoms with Crippen molar-refractivity contribution in [2.24, 2.45) is 5.92 Å². The monoisotopic (exact) mass is 406 g/mol. The maximum Gasteiger partial charge on any atom is 0.169 e. The molecule has 0 bridgehead atoms. The number of aliphatic hydroxyl groups is 1.